The molecule has 12 heteroatoms. The van der Waals surface area contributed by atoms with E-state index in [1.54, 1.807) is 4.57 Å². The third-order valence-corrected chi connectivity index (χ3v) is 5.37. The highest BCUT2D eigenvalue weighted by Crippen LogP contribution is 2.15. The third kappa shape index (κ3) is 5.01. The van der Waals surface area contributed by atoms with Crippen molar-refractivity contribution in [2.45, 2.75) is 19.6 Å². The standard InChI is InChI=1S/C23H22N6O6/c1-35-12-11-26-15-24-21-20(26)22(31)28(23(32)27(21)13-16-5-3-2-4-6-16)14-19(30)25-17-7-9-18(10-8-17)29(33)34/h2-10,15H,11-14H2,1H3,(H,25,30). The van der Waals surface area contributed by atoms with Gasteiger partial charge in [0.15, 0.2) is 11.2 Å². The van der Waals surface area contributed by atoms with Crippen LogP contribution in [-0.2, 0) is 29.2 Å². The van der Waals surface area contributed by atoms with Crippen molar-refractivity contribution in [1.82, 2.24) is 18.7 Å². The van der Waals surface area contributed by atoms with Crippen LogP contribution in [0.4, 0.5) is 11.4 Å². The van der Waals surface area contributed by atoms with Gasteiger partial charge in [-0.25, -0.2) is 14.3 Å². The summed E-state index contributed by atoms with van der Waals surface area (Å²) in [5.41, 5.74) is 0.0572. The van der Waals surface area contributed by atoms with Crippen molar-refractivity contribution < 1.29 is 14.5 Å². The number of methoxy groups -OCH3 is 1. The molecular weight excluding hydrogens is 456 g/mol. The zero-order valence-electron chi connectivity index (χ0n) is 18.8. The van der Waals surface area contributed by atoms with Gasteiger partial charge in [0, 0.05) is 31.5 Å². The summed E-state index contributed by atoms with van der Waals surface area (Å²) in [7, 11) is 1.53. The molecule has 12 nitrogen and oxygen atoms in total. The van der Waals surface area contributed by atoms with Crippen LogP contribution >= 0.6 is 0 Å². The number of carbonyl (C=O) groups excluding carboxylic acids is 1. The van der Waals surface area contributed by atoms with E-state index in [0.29, 0.717) is 18.8 Å². The van der Waals surface area contributed by atoms with Gasteiger partial charge in [-0.15, -0.1) is 0 Å². The summed E-state index contributed by atoms with van der Waals surface area (Å²) >= 11 is 0. The number of rotatable bonds is 9. The first-order valence-electron chi connectivity index (χ1n) is 10.6. The van der Waals surface area contributed by atoms with Crippen LogP contribution in [0.5, 0.6) is 0 Å². The number of aromatic nitrogens is 4. The van der Waals surface area contributed by atoms with Gasteiger partial charge in [0.25, 0.3) is 11.2 Å². The lowest BCUT2D eigenvalue weighted by Gasteiger charge is -2.13. The number of carbonyl (C=O) groups is 1. The van der Waals surface area contributed by atoms with Crippen molar-refractivity contribution in [1.29, 1.82) is 0 Å². The molecular formula is C23H22N6O6. The van der Waals surface area contributed by atoms with E-state index in [2.05, 4.69) is 10.3 Å². The fraction of sp³-hybridized carbons (Fsp3) is 0.217. The lowest BCUT2D eigenvalue weighted by Crippen LogP contribution is -2.43. The van der Waals surface area contributed by atoms with Crippen LogP contribution in [0.2, 0.25) is 0 Å². The number of nitrogens with one attached hydrogen (secondary N) is 1. The lowest BCUT2D eigenvalue weighted by atomic mass is 10.2. The minimum absolute atomic E-state index is 0.127. The first-order valence-corrected chi connectivity index (χ1v) is 10.6. The van der Waals surface area contributed by atoms with Crippen molar-refractivity contribution in [3.63, 3.8) is 0 Å². The summed E-state index contributed by atoms with van der Waals surface area (Å²) in [5.74, 6) is -0.633. The number of fused-ring (bicyclic) bond motifs is 1. The Labute approximate surface area is 198 Å². The topological polar surface area (TPSA) is 143 Å². The second kappa shape index (κ2) is 10.1. The lowest BCUT2D eigenvalue weighted by molar-refractivity contribution is -0.384. The van der Waals surface area contributed by atoms with Crippen LogP contribution in [0.15, 0.2) is 70.5 Å². The first kappa shape index (κ1) is 23.6. The van der Waals surface area contributed by atoms with E-state index in [-0.39, 0.29) is 23.4 Å². The predicted octanol–water partition coefficient (Wildman–Crippen LogP) is 1.60. The highest BCUT2D eigenvalue weighted by Gasteiger charge is 2.20. The number of hydrogen-bond donors (Lipinski definition) is 1. The van der Waals surface area contributed by atoms with Crippen LogP contribution in [0.3, 0.4) is 0 Å². The van der Waals surface area contributed by atoms with Crippen molar-refractivity contribution >= 4 is 28.4 Å². The minimum atomic E-state index is -0.679. The molecule has 0 saturated heterocycles. The monoisotopic (exact) mass is 478 g/mol. The van der Waals surface area contributed by atoms with Crippen LogP contribution in [0, 0.1) is 10.1 Å². The number of benzene rings is 2. The van der Waals surface area contributed by atoms with Gasteiger partial charge in [-0.3, -0.25) is 24.3 Å². The van der Waals surface area contributed by atoms with E-state index in [4.69, 9.17) is 4.74 Å². The number of nitro benzene ring substituents is 1. The molecule has 0 spiro atoms. The van der Waals surface area contributed by atoms with Gasteiger partial charge in [-0.05, 0) is 17.7 Å². The normalized spacial score (nSPS) is 11.0. The van der Waals surface area contributed by atoms with E-state index in [1.807, 2.05) is 30.3 Å². The van der Waals surface area contributed by atoms with Gasteiger partial charge in [-0.2, -0.15) is 0 Å². The summed E-state index contributed by atoms with van der Waals surface area (Å²) in [6, 6.07) is 14.4. The molecule has 0 atom stereocenters. The minimum Gasteiger partial charge on any atom is -0.383 e. The second-order valence-corrected chi connectivity index (χ2v) is 7.70. The Morgan fingerprint density at radius 1 is 1.09 bits per heavy atom. The molecule has 2 aromatic carbocycles. The third-order valence-electron chi connectivity index (χ3n) is 5.37. The molecule has 0 fully saturated rings. The number of nitrogens with zero attached hydrogens (tertiary/aromatic N) is 5. The van der Waals surface area contributed by atoms with Crippen LogP contribution in [-0.4, -0.2) is 43.2 Å². The molecule has 35 heavy (non-hydrogen) atoms. The fourth-order valence-electron chi connectivity index (χ4n) is 3.66. The molecule has 4 rings (SSSR count). The van der Waals surface area contributed by atoms with Crippen LogP contribution < -0.4 is 16.6 Å². The number of hydrogen-bond acceptors (Lipinski definition) is 7. The molecule has 4 aromatic rings. The van der Waals surface area contributed by atoms with Crippen LogP contribution in [0.25, 0.3) is 11.2 Å². The molecule has 180 valence electrons. The molecule has 0 unspecified atom stereocenters. The summed E-state index contributed by atoms with van der Waals surface area (Å²) in [6.45, 7) is 0.265. The highest BCUT2D eigenvalue weighted by atomic mass is 16.6. The molecule has 0 aliphatic heterocycles. The first-order chi connectivity index (χ1) is 16.9. The molecule has 2 aromatic heterocycles. The van der Waals surface area contributed by atoms with Gasteiger partial charge in [0.2, 0.25) is 5.91 Å². The van der Waals surface area contributed by atoms with Crippen molar-refractivity contribution in [2.75, 3.05) is 19.0 Å². The van der Waals surface area contributed by atoms with Gasteiger partial charge >= 0.3 is 5.69 Å². The van der Waals surface area contributed by atoms with E-state index in [1.165, 1.54) is 42.3 Å². The average molecular weight is 478 g/mol. The summed E-state index contributed by atoms with van der Waals surface area (Å²) in [4.78, 5) is 53.9. The van der Waals surface area contributed by atoms with Gasteiger partial charge in [0.1, 0.15) is 6.54 Å². The molecule has 0 bridgehead atoms. The number of imidazole rings is 1. The smallest absolute Gasteiger partial charge is 0.333 e. The molecule has 0 saturated carbocycles. The Balaban J connectivity index is 1.72. The van der Waals surface area contributed by atoms with Crippen molar-refractivity contribution in [3.05, 3.63) is 97.4 Å². The van der Waals surface area contributed by atoms with Crippen molar-refractivity contribution in [2.24, 2.45) is 0 Å². The van der Waals surface area contributed by atoms with Gasteiger partial charge < -0.3 is 14.6 Å². The zero-order chi connectivity index (χ0) is 24.9. The number of ether oxygens (including phenoxy) is 1. The molecule has 1 N–H and O–H groups in total. The predicted molar refractivity (Wildman–Crippen MR) is 127 cm³/mol. The van der Waals surface area contributed by atoms with E-state index in [0.717, 1.165) is 10.1 Å². The average Bonchev–Trinajstić information content (AvgIpc) is 3.28. The quantitative estimate of drug-likeness (QED) is 0.284. The molecule has 0 aliphatic carbocycles. The number of amides is 1. The van der Waals surface area contributed by atoms with Gasteiger partial charge in [-0.1, -0.05) is 30.3 Å². The van der Waals surface area contributed by atoms with Gasteiger partial charge in [0.05, 0.1) is 24.4 Å². The second-order valence-electron chi connectivity index (χ2n) is 7.70. The Kier molecular flexibility index (Phi) is 6.83. The van der Waals surface area contributed by atoms with Crippen LogP contribution in [0.1, 0.15) is 5.56 Å². The number of nitro groups is 1. The van der Waals surface area contributed by atoms with Crippen molar-refractivity contribution in [3.8, 4) is 0 Å². The van der Waals surface area contributed by atoms with E-state index < -0.39 is 28.6 Å². The van der Waals surface area contributed by atoms with E-state index in [9.17, 15) is 24.5 Å². The SMILES string of the molecule is COCCn1cnc2c1c(=O)n(CC(=O)Nc1ccc([N+](=O)[O-])cc1)c(=O)n2Cc1ccccc1. The maximum absolute atomic E-state index is 13.3. The fourth-order valence-corrected chi connectivity index (χ4v) is 3.66. The van der Waals surface area contributed by atoms with E-state index >= 15 is 0 Å². The molecule has 0 radical (unpaired) electrons. The summed E-state index contributed by atoms with van der Waals surface area (Å²) in [5, 5.41) is 13.4. The Morgan fingerprint density at radius 2 is 1.80 bits per heavy atom. The zero-order valence-corrected chi connectivity index (χ0v) is 18.8. The highest BCUT2D eigenvalue weighted by molar-refractivity contribution is 5.90. The Bertz CT molecular complexity index is 1490. The Hall–Kier alpha value is -4.58. The molecule has 2 heterocycles. The summed E-state index contributed by atoms with van der Waals surface area (Å²) in [6.07, 6.45) is 1.47. The molecule has 0 aliphatic rings. The maximum Gasteiger partial charge on any atom is 0.333 e. The largest absolute Gasteiger partial charge is 0.383 e. The summed E-state index contributed by atoms with van der Waals surface area (Å²) < 4.78 is 8.91. The maximum atomic E-state index is 13.3. The number of non-ortho nitro benzene ring substituents is 1. The Morgan fingerprint density at radius 3 is 2.46 bits per heavy atom. The number of anilines is 1. The molecule has 1 amide bonds.